The highest BCUT2D eigenvalue weighted by molar-refractivity contribution is 6.30. The minimum atomic E-state index is -0.565. The van der Waals surface area contributed by atoms with E-state index in [0.717, 1.165) is 16.7 Å². The molecule has 0 aliphatic heterocycles. The quantitative estimate of drug-likeness (QED) is 0.485. The Labute approximate surface area is 177 Å². The lowest BCUT2D eigenvalue weighted by Gasteiger charge is -2.17. The predicted molar refractivity (Wildman–Crippen MR) is 117 cm³/mol. The van der Waals surface area contributed by atoms with E-state index in [1.165, 1.54) is 0 Å². The van der Waals surface area contributed by atoms with Crippen molar-refractivity contribution in [2.75, 3.05) is 13.2 Å². The van der Waals surface area contributed by atoms with Gasteiger partial charge in [0.15, 0.2) is 11.5 Å². The topological polar surface area (TPSA) is 50.7 Å². The molecule has 29 heavy (non-hydrogen) atoms. The van der Waals surface area contributed by atoms with E-state index in [1.54, 1.807) is 0 Å². The van der Waals surface area contributed by atoms with Crippen LogP contribution in [0.3, 0.4) is 0 Å². The summed E-state index contributed by atoms with van der Waals surface area (Å²) in [4.78, 5) is 0. The van der Waals surface area contributed by atoms with Gasteiger partial charge in [-0.25, -0.2) is 0 Å². The van der Waals surface area contributed by atoms with E-state index in [-0.39, 0.29) is 0 Å². The van der Waals surface area contributed by atoms with Crippen LogP contribution in [0.4, 0.5) is 0 Å². The number of aliphatic hydroxyl groups excluding tert-OH is 1. The van der Waals surface area contributed by atoms with Gasteiger partial charge in [0.05, 0.1) is 12.7 Å². The minimum absolute atomic E-state index is 0.418. The largest absolute Gasteiger partial charge is 0.490 e. The molecule has 1 atom stereocenters. The fourth-order valence-electron chi connectivity index (χ4n) is 3.01. The number of ether oxygens (including phenoxy) is 2. The summed E-state index contributed by atoms with van der Waals surface area (Å²) in [5.74, 6) is 1.43. The molecule has 0 aliphatic carbocycles. The third kappa shape index (κ3) is 6.23. The summed E-state index contributed by atoms with van der Waals surface area (Å²) in [6.07, 6.45) is -0.565. The molecular weight excluding hydrogens is 386 g/mol. The second-order valence-corrected chi connectivity index (χ2v) is 7.09. The maximum Gasteiger partial charge on any atom is 0.166 e. The zero-order valence-electron chi connectivity index (χ0n) is 16.5. The first-order valence-corrected chi connectivity index (χ1v) is 10.1. The Morgan fingerprint density at radius 2 is 1.69 bits per heavy atom. The van der Waals surface area contributed by atoms with Crippen molar-refractivity contribution in [2.24, 2.45) is 0 Å². The van der Waals surface area contributed by atoms with Crippen LogP contribution >= 0.6 is 11.6 Å². The summed E-state index contributed by atoms with van der Waals surface area (Å²) < 4.78 is 11.9. The van der Waals surface area contributed by atoms with Gasteiger partial charge < -0.3 is 19.9 Å². The third-order valence-corrected chi connectivity index (χ3v) is 4.75. The maximum absolute atomic E-state index is 10.4. The van der Waals surface area contributed by atoms with Gasteiger partial charge in [0.1, 0.15) is 6.61 Å². The number of nitrogens with one attached hydrogen (secondary N) is 1. The Balaban J connectivity index is 1.66. The normalized spacial score (nSPS) is 11.8. The molecule has 0 aromatic heterocycles. The maximum atomic E-state index is 10.4. The summed E-state index contributed by atoms with van der Waals surface area (Å²) in [5, 5.41) is 14.4. The second-order valence-electron chi connectivity index (χ2n) is 6.65. The summed E-state index contributed by atoms with van der Waals surface area (Å²) >= 11 is 5.96. The molecule has 0 radical (unpaired) electrons. The molecule has 0 unspecified atom stereocenters. The molecule has 0 saturated carbocycles. The first-order valence-electron chi connectivity index (χ1n) is 9.73. The average molecular weight is 412 g/mol. The molecule has 4 nitrogen and oxygen atoms in total. The summed E-state index contributed by atoms with van der Waals surface area (Å²) in [6.45, 7) is 3.92. The van der Waals surface area contributed by atoms with Crippen molar-refractivity contribution in [3.63, 3.8) is 0 Å². The van der Waals surface area contributed by atoms with Gasteiger partial charge in [-0.2, -0.15) is 0 Å². The number of halogens is 1. The fraction of sp³-hybridized carbons (Fsp3) is 0.250. The Hall–Kier alpha value is -2.53. The van der Waals surface area contributed by atoms with Crippen molar-refractivity contribution in [2.45, 2.75) is 26.2 Å². The molecule has 0 fully saturated rings. The van der Waals surface area contributed by atoms with Crippen LogP contribution in [-0.2, 0) is 13.2 Å². The fourth-order valence-corrected chi connectivity index (χ4v) is 3.13. The van der Waals surface area contributed by atoms with E-state index in [4.69, 9.17) is 21.1 Å². The molecule has 3 rings (SSSR count). The Morgan fingerprint density at radius 1 is 0.931 bits per heavy atom. The molecule has 0 spiro atoms. The Morgan fingerprint density at radius 3 is 2.41 bits per heavy atom. The monoisotopic (exact) mass is 411 g/mol. The van der Waals surface area contributed by atoms with Gasteiger partial charge in [0.25, 0.3) is 0 Å². The molecule has 152 valence electrons. The van der Waals surface area contributed by atoms with Gasteiger partial charge >= 0.3 is 0 Å². The number of hydrogen-bond acceptors (Lipinski definition) is 4. The lowest BCUT2D eigenvalue weighted by atomic mass is 10.1. The number of para-hydroxylation sites is 1. The van der Waals surface area contributed by atoms with E-state index < -0.39 is 6.10 Å². The highest BCUT2D eigenvalue weighted by atomic mass is 35.5. The van der Waals surface area contributed by atoms with Crippen molar-refractivity contribution >= 4 is 11.6 Å². The molecule has 0 heterocycles. The van der Waals surface area contributed by atoms with E-state index in [0.29, 0.717) is 42.8 Å². The summed E-state index contributed by atoms with van der Waals surface area (Å²) in [6, 6.07) is 23.1. The smallest absolute Gasteiger partial charge is 0.166 e. The van der Waals surface area contributed by atoms with Crippen LogP contribution in [0.2, 0.25) is 5.02 Å². The van der Waals surface area contributed by atoms with Gasteiger partial charge in [0.2, 0.25) is 0 Å². The van der Waals surface area contributed by atoms with Crippen molar-refractivity contribution in [3.8, 4) is 11.5 Å². The first kappa shape index (κ1) is 21.2. The number of rotatable bonds is 10. The zero-order chi connectivity index (χ0) is 20.5. The van der Waals surface area contributed by atoms with Crippen LogP contribution in [0, 0.1) is 0 Å². The minimum Gasteiger partial charge on any atom is -0.490 e. The van der Waals surface area contributed by atoms with Crippen LogP contribution in [0.1, 0.15) is 29.7 Å². The summed E-state index contributed by atoms with van der Waals surface area (Å²) in [5.41, 5.74) is 2.89. The van der Waals surface area contributed by atoms with Crippen LogP contribution in [0.15, 0.2) is 72.8 Å². The highest BCUT2D eigenvalue weighted by Gasteiger charge is 2.13. The van der Waals surface area contributed by atoms with Crippen LogP contribution in [0.5, 0.6) is 11.5 Å². The molecule has 0 bridgehead atoms. The Kier molecular flexibility index (Phi) is 7.94. The number of aliphatic hydroxyl groups is 1. The van der Waals surface area contributed by atoms with Gasteiger partial charge in [-0.05, 0) is 36.2 Å². The van der Waals surface area contributed by atoms with Gasteiger partial charge in [-0.1, -0.05) is 66.2 Å². The SMILES string of the molecule is CCOc1cccc(CNC[C@@H](O)c2ccccc2)c1OCc1ccc(Cl)cc1. The van der Waals surface area contributed by atoms with Gasteiger partial charge in [-0.15, -0.1) is 0 Å². The first-order chi connectivity index (χ1) is 14.2. The zero-order valence-corrected chi connectivity index (χ0v) is 17.2. The number of hydrogen-bond donors (Lipinski definition) is 2. The van der Waals surface area contributed by atoms with Crippen LogP contribution in [-0.4, -0.2) is 18.3 Å². The van der Waals surface area contributed by atoms with Crippen molar-refractivity contribution in [1.82, 2.24) is 5.32 Å². The van der Waals surface area contributed by atoms with Gasteiger partial charge in [0, 0.05) is 23.7 Å². The average Bonchev–Trinajstić information content (AvgIpc) is 2.75. The highest BCUT2D eigenvalue weighted by Crippen LogP contribution is 2.32. The molecule has 0 saturated heterocycles. The lowest BCUT2D eigenvalue weighted by Crippen LogP contribution is -2.21. The van der Waals surface area contributed by atoms with Crippen molar-refractivity contribution < 1.29 is 14.6 Å². The van der Waals surface area contributed by atoms with E-state index in [2.05, 4.69) is 5.32 Å². The molecular formula is C24H26ClNO3. The summed E-state index contributed by atoms with van der Waals surface area (Å²) in [7, 11) is 0. The molecule has 5 heteroatoms. The van der Waals surface area contributed by atoms with Crippen LogP contribution < -0.4 is 14.8 Å². The van der Waals surface area contributed by atoms with Crippen molar-refractivity contribution in [1.29, 1.82) is 0 Å². The van der Waals surface area contributed by atoms with E-state index in [9.17, 15) is 5.11 Å². The van der Waals surface area contributed by atoms with Gasteiger partial charge in [-0.3, -0.25) is 0 Å². The van der Waals surface area contributed by atoms with Crippen molar-refractivity contribution in [3.05, 3.63) is 94.5 Å². The third-order valence-electron chi connectivity index (χ3n) is 4.49. The van der Waals surface area contributed by atoms with E-state index >= 15 is 0 Å². The Bertz CT molecular complexity index is 884. The molecule has 3 aromatic carbocycles. The lowest BCUT2D eigenvalue weighted by molar-refractivity contribution is 0.174. The molecule has 0 aliphatic rings. The molecule has 2 N–H and O–H groups in total. The second kappa shape index (κ2) is 10.9. The molecule has 3 aromatic rings. The number of benzene rings is 3. The van der Waals surface area contributed by atoms with E-state index in [1.807, 2.05) is 79.7 Å². The molecule has 0 amide bonds. The predicted octanol–water partition coefficient (Wildman–Crippen LogP) is 5.14. The standard InChI is InChI=1S/C24H26ClNO3/c1-2-28-23-10-6-9-20(15-26-16-22(27)19-7-4-3-5-8-19)24(23)29-17-18-11-13-21(25)14-12-18/h3-14,22,26-27H,2,15-17H2,1H3/t22-/m1/s1. The van der Waals surface area contributed by atoms with Crippen LogP contribution in [0.25, 0.3) is 0 Å².